The first kappa shape index (κ1) is 12.3. The Balaban J connectivity index is 0.00000112. The zero-order valence-corrected chi connectivity index (χ0v) is 9.76. The van der Waals surface area contributed by atoms with E-state index in [1.165, 1.54) is 18.4 Å². The number of hydrogen-bond acceptors (Lipinski definition) is 2. The lowest BCUT2D eigenvalue weighted by Gasteiger charge is -2.06. The number of ether oxygens (including phenoxy) is 1. The monoisotopic (exact) mass is 226 g/mol. The van der Waals surface area contributed by atoms with Gasteiger partial charge in [0, 0.05) is 12.6 Å². The Morgan fingerprint density at radius 3 is 2.87 bits per heavy atom. The van der Waals surface area contributed by atoms with Gasteiger partial charge in [0.15, 0.2) is 0 Å². The van der Waals surface area contributed by atoms with Gasteiger partial charge in [-0.3, -0.25) is 0 Å². The minimum Gasteiger partial charge on any atom is -1.00 e. The van der Waals surface area contributed by atoms with E-state index in [9.17, 15) is 0 Å². The fourth-order valence-corrected chi connectivity index (χ4v) is 1.46. The molecule has 1 aliphatic rings. The second-order valence-corrected chi connectivity index (χ2v) is 3.74. The van der Waals surface area contributed by atoms with Crippen LogP contribution in [0.25, 0.3) is 0 Å². The van der Waals surface area contributed by atoms with Crippen molar-refractivity contribution in [3.05, 3.63) is 29.8 Å². The maximum absolute atomic E-state index is 5.44. The van der Waals surface area contributed by atoms with E-state index in [1.54, 1.807) is 0 Å². The Hall–Kier alpha value is -0.730. The molecular weight excluding hydrogens is 210 g/mol. The molecule has 0 amide bonds. The minimum absolute atomic E-state index is 0. The van der Waals surface area contributed by atoms with Crippen molar-refractivity contribution in [3.8, 4) is 5.75 Å². The van der Waals surface area contributed by atoms with E-state index in [4.69, 9.17) is 4.74 Å². The molecule has 0 aliphatic heterocycles. The van der Waals surface area contributed by atoms with Crippen molar-refractivity contribution in [1.29, 1.82) is 0 Å². The van der Waals surface area contributed by atoms with Crippen LogP contribution in [0, 0.1) is 0 Å². The Morgan fingerprint density at radius 2 is 2.20 bits per heavy atom. The largest absolute Gasteiger partial charge is 1.00 e. The van der Waals surface area contributed by atoms with Gasteiger partial charge in [0.25, 0.3) is 0 Å². The molecule has 15 heavy (non-hydrogen) atoms. The summed E-state index contributed by atoms with van der Waals surface area (Å²) in [5.41, 5.74) is 1.31. The lowest BCUT2D eigenvalue weighted by atomic mass is 10.2. The average Bonchev–Trinajstić information content (AvgIpc) is 2.99. The molecule has 0 heterocycles. The van der Waals surface area contributed by atoms with Crippen molar-refractivity contribution in [2.45, 2.75) is 32.4 Å². The van der Waals surface area contributed by atoms with Gasteiger partial charge < -0.3 is 22.5 Å². The van der Waals surface area contributed by atoms with Gasteiger partial charge in [0.2, 0.25) is 0 Å². The Labute approximate surface area is 97.4 Å². The van der Waals surface area contributed by atoms with Gasteiger partial charge in [-0.15, -0.1) is 0 Å². The molecule has 1 saturated carbocycles. The van der Waals surface area contributed by atoms with Crippen LogP contribution < -0.4 is 22.5 Å². The summed E-state index contributed by atoms with van der Waals surface area (Å²) in [7, 11) is 0. The minimum atomic E-state index is 0. The van der Waals surface area contributed by atoms with E-state index < -0.39 is 0 Å². The second-order valence-electron chi connectivity index (χ2n) is 3.74. The SMILES string of the molecule is CCOc1cccc(CNC2CC2)c1.[Cl-]. The number of benzene rings is 1. The molecular formula is C12H17ClNO-. The topological polar surface area (TPSA) is 21.3 Å². The van der Waals surface area contributed by atoms with E-state index in [0.717, 1.165) is 24.9 Å². The summed E-state index contributed by atoms with van der Waals surface area (Å²) >= 11 is 0. The molecule has 3 heteroatoms. The Morgan fingerprint density at radius 1 is 1.40 bits per heavy atom. The quantitative estimate of drug-likeness (QED) is 0.720. The van der Waals surface area contributed by atoms with Gasteiger partial charge in [-0.2, -0.15) is 0 Å². The van der Waals surface area contributed by atoms with E-state index in [0.29, 0.717) is 0 Å². The van der Waals surface area contributed by atoms with Crippen LogP contribution in [0.5, 0.6) is 5.75 Å². The van der Waals surface area contributed by atoms with Crippen molar-refractivity contribution >= 4 is 0 Å². The molecule has 84 valence electrons. The molecule has 2 nitrogen and oxygen atoms in total. The molecule has 1 aliphatic carbocycles. The molecule has 0 aromatic heterocycles. The van der Waals surface area contributed by atoms with Gasteiger partial charge in [0.1, 0.15) is 5.75 Å². The molecule has 1 aromatic rings. The molecule has 2 rings (SSSR count). The van der Waals surface area contributed by atoms with Gasteiger partial charge in [-0.05, 0) is 37.5 Å². The average molecular weight is 227 g/mol. The number of rotatable bonds is 5. The highest BCUT2D eigenvalue weighted by Crippen LogP contribution is 2.20. The van der Waals surface area contributed by atoms with Gasteiger partial charge in [-0.1, -0.05) is 12.1 Å². The zero-order chi connectivity index (χ0) is 9.80. The number of hydrogen-bond donors (Lipinski definition) is 1. The van der Waals surface area contributed by atoms with E-state index >= 15 is 0 Å². The number of nitrogens with one attached hydrogen (secondary N) is 1. The molecule has 1 N–H and O–H groups in total. The lowest BCUT2D eigenvalue weighted by Crippen LogP contribution is -3.00. The van der Waals surface area contributed by atoms with Crippen LogP contribution in [0.1, 0.15) is 25.3 Å². The van der Waals surface area contributed by atoms with Crippen LogP contribution in [0.15, 0.2) is 24.3 Å². The molecule has 0 bridgehead atoms. The molecule has 0 radical (unpaired) electrons. The van der Waals surface area contributed by atoms with E-state index in [1.807, 2.05) is 13.0 Å². The highest BCUT2D eigenvalue weighted by atomic mass is 35.5. The summed E-state index contributed by atoms with van der Waals surface area (Å²) in [5, 5.41) is 3.49. The van der Waals surface area contributed by atoms with Crippen LogP contribution in [-0.2, 0) is 6.54 Å². The third-order valence-corrected chi connectivity index (χ3v) is 2.38. The molecule has 1 fully saturated rings. The molecule has 0 spiro atoms. The Kier molecular flexibility index (Phi) is 4.92. The van der Waals surface area contributed by atoms with Crippen LogP contribution >= 0.6 is 0 Å². The fraction of sp³-hybridized carbons (Fsp3) is 0.500. The maximum atomic E-state index is 5.44. The van der Waals surface area contributed by atoms with Crippen LogP contribution in [0.4, 0.5) is 0 Å². The summed E-state index contributed by atoms with van der Waals surface area (Å²) < 4.78 is 5.44. The van der Waals surface area contributed by atoms with Crippen LogP contribution in [0.3, 0.4) is 0 Å². The third kappa shape index (κ3) is 4.10. The smallest absolute Gasteiger partial charge is 0.119 e. The Bertz CT molecular complexity index is 299. The molecule has 0 saturated heterocycles. The first-order chi connectivity index (χ1) is 6.88. The highest BCUT2D eigenvalue weighted by Gasteiger charge is 2.19. The summed E-state index contributed by atoms with van der Waals surface area (Å²) in [4.78, 5) is 0. The van der Waals surface area contributed by atoms with Crippen molar-refractivity contribution in [3.63, 3.8) is 0 Å². The molecule has 1 aromatic carbocycles. The summed E-state index contributed by atoms with van der Waals surface area (Å²) in [6.45, 7) is 3.71. The summed E-state index contributed by atoms with van der Waals surface area (Å²) in [5.74, 6) is 0.975. The first-order valence-electron chi connectivity index (χ1n) is 5.33. The van der Waals surface area contributed by atoms with Gasteiger partial charge in [0.05, 0.1) is 6.61 Å². The lowest BCUT2D eigenvalue weighted by molar-refractivity contribution is -0.00000355. The normalized spacial score (nSPS) is 14.5. The van der Waals surface area contributed by atoms with Crippen molar-refractivity contribution in [2.24, 2.45) is 0 Å². The van der Waals surface area contributed by atoms with Crippen LogP contribution in [-0.4, -0.2) is 12.6 Å². The van der Waals surface area contributed by atoms with Crippen molar-refractivity contribution in [1.82, 2.24) is 5.32 Å². The standard InChI is InChI=1S/C12H17NO.ClH/c1-2-14-12-5-3-4-10(8-12)9-13-11-6-7-11;/h3-5,8,11,13H,2,6-7,9H2,1H3;1H/p-1. The van der Waals surface area contributed by atoms with E-state index in [-0.39, 0.29) is 12.4 Å². The number of halogens is 1. The maximum Gasteiger partial charge on any atom is 0.119 e. The summed E-state index contributed by atoms with van der Waals surface area (Å²) in [6.07, 6.45) is 2.68. The second kappa shape index (κ2) is 5.99. The zero-order valence-electron chi connectivity index (χ0n) is 9.00. The van der Waals surface area contributed by atoms with Gasteiger partial charge >= 0.3 is 0 Å². The predicted molar refractivity (Wildman–Crippen MR) is 57.5 cm³/mol. The van der Waals surface area contributed by atoms with Crippen LogP contribution in [0.2, 0.25) is 0 Å². The van der Waals surface area contributed by atoms with Crippen molar-refractivity contribution < 1.29 is 17.1 Å². The molecule has 0 atom stereocenters. The van der Waals surface area contributed by atoms with Crippen molar-refractivity contribution in [2.75, 3.05) is 6.61 Å². The van der Waals surface area contributed by atoms with Gasteiger partial charge in [-0.25, -0.2) is 0 Å². The third-order valence-electron chi connectivity index (χ3n) is 2.38. The highest BCUT2D eigenvalue weighted by molar-refractivity contribution is 5.28. The molecule has 0 unspecified atom stereocenters. The summed E-state index contributed by atoms with van der Waals surface area (Å²) in [6, 6.07) is 9.07. The first-order valence-corrected chi connectivity index (χ1v) is 5.33. The predicted octanol–water partition coefficient (Wildman–Crippen LogP) is -0.659. The van der Waals surface area contributed by atoms with E-state index in [2.05, 4.69) is 23.5 Å². The fourth-order valence-electron chi connectivity index (χ4n) is 1.46.